The highest BCUT2D eigenvalue weighted by Crippen LogP contribution is 2.23. The summed E-state index contributed by atoms with van der Waals surface area (Å²) in [5.74, 6) is -0.185. The third-order valence-electron chi connectivity index (χ3n) is 6.04. The van der Waals surface area contributed by atoms with Gasteiger partial charge in [-0.25, -0.2) is 9.78 Å². The predicted molar refractivity (Wildman–Crippen MR) is 121 cm³/mol. The van der Waals surface area contributed by atoms with Gasteiger partial charge in [-0.05, 0) is 31.0 Å². The van der Waals surface area contributed by atoms with Crippen LogP contribution in [0.5, 0.6) is 5.75 Å². The first kappa shape index (κ1) is 21.6. The molecule has 3 aromatic rings. The van der Waals surface area contributed by atoms with Crippen molar-refractivity contribution in [3.05, 3.63) is 72.2 Å². The molecule has 0 aliphatic carbocycles. The Balaban J connectivity index is 1.37. The van der Waals surface area contributed by atoms with Crippen LogP contribution in [0, 0.1) is 0 Å². The number of piperidine rings is 1. The molecule has 4 rings (SSSR count). The average Bonchev–Trinajstić information content (AvgIpc) is 3.30. The number of para-hydroxylation sites is 1. The summed E-state index contributed by atoms with van der Waals surface area (Å²) in [6, 6.07) is 14.3. The van der Waals surface area contributed by atoms with Crippen LogP contribution in [0.3, 0.4) is 0 Å². The maximum absolute atomic E-state index is 13.0. The zero-order valence-corrected chi connectivity index (χ0v) is 18.0. The van der Waals surface area contributed by atoms with Crippen LogP contribution in [0.4, 0.5) is 4.79 Å². The van der Waals surface area contributed by atoms with Crippen molar-refractivity contribution in [2.75, 3.05) is 20.1 Å². The summed E-state index contributed by atoms with van der Waals surface area (Å²) in [6.45, 7) is 2.41. The highest BCUT2D eigenvalue weighted by molar-refractivity contribution is 5.94. The van der Waals surface area contributed by atoms with Crippen LogP contribution >= 0.6 is 0 Å². The van der Waals surface area contributed by atoms with E-state index in [1.54, 1.807) is 35.4 Å². The molecule has 8 heteroatoms. The molecular weight excluding hydrogens is 406 g/mol. The lowest BCUT2D eigenvalue weighted by Crippen LogP contribution is -2.46. The number of aromatic nitrogens is 2. The molecule has 2 heterocycles. The van der Waals surface area contributed by atoms with Gasteiger partial charge in [0.15, 0.2) is 0 Å². The molecule has 0 unspecified atom stereocenters. The quantitative estimate of drug-likeness (QED) is 0.644. The summed E-state index contributed by atoms with van der Waals surface area (Å²) in [5.41, 5.74) is 8.01. The number of aromatic hydroxyl groups is 1. The van der Waals surface area contributed by atoms with Gasteiger partial charge < -0.3 is 15.7 Å². The van der Waals surface area contributed by atoms with Gasteiger partial charge in [0.25, 0.3) is 0 Å². The Hall–Kier alpha value is -3.65. The minimum atomic E-state index is -0.504. The molecule has 2 amide bonds. The van der Waals surface area contributed by atoms with Crippen molar-refractivity contribution in [2.45, 2.75) is 25.4 Å². The Labute approximate surface area is 186 Å². The van der Waals surface area contributed by atoms with Crippen molar-refractivity contribution in [2.24, 2.45) is 5.73 Å². The van der Waals surface area contributed by atoms with Crippen LogP contribution in [-0.2, 0) is 6.54 Å². The molecule has 0 atom stereocenters. The number of primary amides is 1. The van der Waals surface area contributed by atoms with Crippen LogP contribution in [0.2, 0.25) is 0 Å². The number of hydrogen-bond donors (Lipinski definition) is 2. The summed E-state index contributed by atoms with van der Waals surface area (Å²) in [4.78, 5) is 32.8. The molecule has 1 aromatic heterocycles. The summed E-state index contributed by atoms with van der Waals surface area (Å²) < 4.78 is 1.47. The van der Waals surface area contributed by atoms with E-state index in [1.807, 2.05) is 31.3 Å². The van der Waals surface area contributed by atoms with E-state index in [4.69, 9.17) is 5.73 Å². The SMILES string of the molecule is CN(C(=O)n1cnc(-c2cccc(C(N)=O)c2)c1)C1CCN(Cc2ccccc2O)CC1. The monoisotopic (exact) mass is 433 g/mol. The van der Waals surface area contributed by atoms with Crippen molar-refractivity contribution in [1.82, 2.24) is 19.4 Å². The maximum atomic E-state index is 13.0. The van der Waals surface area contributed by atoms with Crippen LogP contribution in [0.1, 0.15) is 28.8 Å². The van der Waals surface area contributed by atoms with Gasteiger partial charge in [0.1, 0.15) is 12.1 Å². The van der Waals surface area contributed by atoms with Crippen molar-refractivity contribution < 1.29 is 14.7 Å². The Morgan fingerprint density at radius 2 is 1.91 bits per heavy atom. The summed E-state index contributed by atoms with van der Waals surface area (Å²) >= 11 is 0. The molecule has 8 nitrogen and oxygen atoms in total. The number of benzene rings is 2. The second-order valence-corrected chi connectivity index (χ2v) is 8.14. The molecule has 1 saturated heterocycles. The molecule has 32 heavy (non-hydrogen) atoms. The standard InChI is InChI=1S/C24H27N5O3/c1-27(20-9-11-28(12-10-20)14-19-5-2-3-8-22(19)30)24(32)29-15-21(26-16-29)17-6-4-7-18(13-17)23(25)31/h2-8,13,15-16,20,30H,9-12,14H2,1H3,(H2,25,31). The molecule has 2 aromatic carbocycles. The van der Waals surface area contributed by atoms with Crippen LogP contribution in [-0.4, -0.2) is 62.6 Å². The number of nitrogens with zero attached hydrogens (tertiary/aromatic N) is 4. The van der Waals surface area contributed by atoms with Crippen molar-refractivity contribution in [3.8, 4) is 17.0 Å². The van der Waals surface area contributed by atoms with Crippen molar-refractivity contribution in [1.29, 1.82) is 0 Å². The van der Waals surface area contributed by atoms with Gasteiger partial charge in [-0.1, -0.05) is 30.3 Å². The molecule has 1 fully saturated rings. The van der Waals surface area contributed by atoms with Gasteiger partial charge in [-0.15, -0.1) is 0 Å². The fourth-order valence-corrected chi connectivity index (χ4v) is 4.10. The first-order valence-electron chi connectivity index (χ1n) is 10.6. The lowest BCUT2D eigenvalue weighted by Gasteiger charge is -2.36. The van der Waals surface area contributed by atoms with E-state index in [-0.39, 0.29) is 12.1 Å². The van der Waals surface area contributed by atoms with Crippen LogP contribution in [0.25, 0.3) is 11.3 Å². The molecule has 0 spiro atoms. The molecular formula is C24H27N5O3. The highest BCUT2D eigenvalue weighted by Gasteiger charge is 2.26. The Morgan fingerprint density at radius 3 is 2.62 bits per heavy atom. The summed E-state index contributed by atoms with van der Waals surface area (Å²) in [6.07, 6.45) is 4.89. The second-order valence-electron chi connectivity index (χ2n) is 8.14. The fraction of sp³-hybridized carbons (Fsp3) is 0.292. The number of amides is 2. The Kier molecular flexibility index (Phi) is 6.23. The number of phenols is 1. The summed E-state index contributed by atoms with van der Waals surface area (Å²) in [5, 5.41) is 10.00. The highest BCUT2D eigenvalue weighted by atomic mass is 16.3. The van der Waals surface area contributed by atoms with Gasteiger partial charge in [0.2, 0.25) is 5.91 Å². The minimum Gasteiger partial charge on any atom is -0.508 e. The lowest BCUT2D eigenvalue weighted by molar-refractivity contribution is 0.1000. The molecule has 1 aliphatic rings. The third-order valence-corrected chi connectivity index (χ3v) is 6.04. The Bertz CT molecular complexity index is 1120. The third kappa shape index (κ3) is 4.65. The van der Waals surface area contributed by atoms with E-state index in [0.29, 0.717) is 23.6 Å². The number of carbonyl (C=O) groups excluding carboxylic acids is 2. The summed E-state index contributed by atoms with van der Waals surface area (Å²) in [7, 11) is 1.82. The zero-order chi connectivity index (χ0) is 22.7. The predicted octanol–water partition coefficient (Wildman–Crippen LogP) is 2.92. The number of phenolic OH excluding ortho intramolecular Hbond substituents is 1. The van der Waals surface area contributed by atoms with E-state index in [2.05, 4.69) is 9.88 Å². The number of likely N-dealkylation sites (tertiary alicyclic amines) is 1. The van der Waals surface area contributed by atoms with Crippen molar-refractivity contribution in [3.63, 3.8) is 0 Å². The van der Waals surface area contributed by atoms with Gasteiger partial charge in [0, 0.05) is 55.6 Å². The van der Waals surface area contributed by atoms with Crippen molar-refractivity contribution >= 4 is 11.9 Å². The van der Waals surface area contributed by atoms with Gasteiger partial charge in [-0.3, -0.25) is 14.3 Å². The number of carbonyl (C=O) groups is 2. The molecule has 0 radical (unpaired) electrons. The van der Waals surface area contributed by atoms with Gasteiger partial charge in [0.05, 0.1) is 5.69 Å². The smallest absolute Gasteiger partial charge is 0.329 e. The van der Waals surface area contributed by atoms with Gasteiger partial charge in [-0.2, -0.15) is 0 Å². The van der Waals surface area contributed by atoms with Crippen LogP contribution < -0.4 is 5.73 Å². The maximum Gasteiger partial charge on any atom is 0.329 e. The average molecular weight is 434 g/mol. The number of imidazole rings is 1. The topological polar surface area (TPSA) is 105 Å². The zero-order valence-electron chi connectivity index (χ0n) is 18.0. The number of nitrogens with two attached hydrogens (primary N) is 1. The van der Waals surface area contributed by atoms with Gasteiger partial charge >= 0.3 is 6.03 Å². The molecule has 0 bridgehead atoms. The normalized spacial score (nSPS) is 14.9. The van der Waals surface area contributed by atoms with E-state index in [1.165, 1.54) is 10.9 Å². The first-order chi connectivity index (χ1) is 15.4. The molecule has 166 valence electrons. The molecule has 0 saturated carbocycles. The minimum absolute atomic E-state index is 0.132. The van der Waals surface area contributed by atoms with E-state index in [0.717, 1.165) is 37.1 Å². The second kappa shape index (κ2) is 9.23. The number of rotatable bonds is 5. The largest absolute Gasteiger partial charge is 0.508 e. The fourth-order valence-electron chi connectivity index (χ4n) is 4.10. The first-order valence-corrected chi connectivity index (χ1v) is 10.6. The molecule has 1 aliphatic heterocycles. The number of hydrogen-bond acceptors (Lipinski definition) is 5. The Morgan fingerprint density at radius 1 is 1.16 bits per heavy atom. The van der Waals surface area contributed by atoms with Crippen LogP contribution in [0.15, 0.2) is 61.1 Å². The van der Waals surface area contributed by atoms with E-state index >= 15 is 0 Å². The molecule has 3 N–H and O–H groups in total. The van der Waals surface area contributed by atoms with E-state index < -0.39 is 5.91 Å². The lowest BCUT2D eigenvalue weighted by atomic mass is 10.0. The van der Waals surface area contributed by atoms with E-state index in [9.17, 15) is 14.7 Å².